The van der Waals surface area contributed by atoms with Crippen LogP contribution in [0, 0.1) is 0 Å². The molecule has 2 heterocycles. The standard InChI is InChI=1S/C13H12ClN5S/c14-10-6-7-20-13(10)12(17-15)11-8-16-19(18-11)9-4-2-1-3-5-9/h1-8,12,17H,15H2. The second kappa shape index (κ2) is 5.72. The number of para-hydroxylation sites is 1. The zero-order valence-electron chi connectivity index (χ0n) is 10.4. The van der Waals surface area contributed by atoms with Crippen molar-refractivity contribution in [2.45, 2.75) is 6.04 Å². The van der Waals surface area contributed by atoms with Gasteiger partial charge in [0.2, 0.25) is 0 Å². The van der Waals surface area contributed by atoms with Gasteiger partial charge in [-0.15, -0.1) is 11.3 Å². The molecule has 0 saturated carbocycles. The van der Waals surface area contributed by atoms with E-state index < -0.39 is 0 Å². The first-order valence-electron chi connectivity index (χ1n) is 5.96. The highest BCUT2D eigenvalue weighted by molar-refractivity contribution is 7.10. The van der Waals surface area contributed by atoms with Crippen LogP contribution in [0.5, 0.6) is 0 Å². The van der Waals surface area contributed by atoms with Crippen molar-refractivity contribution < 1.29 is 0 Å². The van der Waals surface area contributed by atoms with Crippen molar-refractivity contribution in [3.63, 3.8) is 0 Å². The van der Waals surface area contributed by atoms with Crippen LogP contribution in [0.4, 0.5) is 0 Å². The summed E-state index contributed by atoms with van der Waals surface area (Å²) in [5.74, 6) is 5.63. The number of hydrazine groups is 1. The molecule has 1 unspecified atom stereocenters. The Labute approximate surface area is 125 Å². The summed E-state index contributed by atoms with van der Waals surface area (Å²) in [5, 5.41) is 11.3. The van der Waals surface area contributed by atoms with Gasteiger partial charge in [0.1, 0.15) is 11.7 Å². The van der Waals surface area contributed by atoms with Gasteiger partial charge in [0.05, 0.1) is 16.9 Å². The maximum Gasteiger partial charge on any atom is 0.107 e. The summed E-state index contributed by atoms with van der Waals surface area (Å²) in [7, 11) is 0. The van der Waals surface area contributed by atoms with E-state index in [1.807, 2.05) is 41.8 Å². The predicted molar refractivity (Wildman–Crippen MR) is 79.9 cm³/mol. The van der Waals surface area contributed by atoms with Gasteiger partial charge in [-0.1, -0.05) is 29.8 Å². The van der Waals surface area contributed by atoms with Crippen molar-refractivity contribution in [3.8, 4) is 5.69 Å². The zero-order valence-corrected chi connectivity index (χ0v) is 12.0. The van der Waals surface area contributed by atoms with E-state index in [0.717, 1.165) is 16.3 Å². The molecule has 0 amide bonds. The fourth-order valence-electron chi connectivity index (χ4n) is 1.90. The van der Waals surface area contributed by atoms with Crippen LogP contribution in [0.25, 0.3) is 5.69 Å². The minimum Gasteiger partial charge on any atom is -0.270 e. The normalized spacial score (nSPS) is 12.5. The lowest BCUT2D eigenvalue weighted by Gasteiger charge is -2.11. The smallest absolute Gasteiger partial charge is 0.107 e. The third-order valence-corrected chi connectivity index (χ3v) is 4.29. The Morgan fingerprint density at radius 1 is 1.25 bits per heavy atom. The van der Waals surface area contributed by atoms with Gasteiger partial charge >= 0.3 is 0 Å². The SMILES string of the molecule is NNC(c1cnn(-c2ccccc2)n1)c1sccc1Cl. The predicted octanol–water partition coefficient (Wildman–Crippen LogP) is 2.53. The van der Waals surface area contributed by atoms with E-state index in [9.17, 15) is 0 Å². The summed E-state index contributed by atoms with van der Waals surface area (Å²) in [6.45, 7) is 0. The monoisotopic (exact) mass is 305 g/mol. The molecule has 0 fully saturated rings. The number of hydrogen-bond donors (Lipinski definition) is 2. The third-order valence-electron chi connectivity index (χ3n) is 2.87. The van der Waals surface area contributed by atoms with Crippen LogP contribution < -0.4 is 11.3 Å². The molecular weight excluding hydrogens is 294 g/mol. The van der Waals surface area contributed by atoms with Crippen LogP contribution in [0.1, 0.15) is 16.6 Å². The number of aromatic nitrogens is 3. The highest BCUT2D eigenvalue weighted by Crippen LogP contribution is 2.31. The molecular formula is C13H12ClN5S. The van der Waals surface area contributed by atoms with E-state index in [0.29, 0.717) is 5.02 Å². The van der Waals surface area contributed by atoms with Crippen molar-refractivity contribution in [2.75, 3.05) is 0 Å². The highest BCUT2D eigenvalue weighted by Gasteiger charge is 2.20. The van der Waals surface area contributed by atoms with Gasteiger partial charge in [-0.25, -0.2) is 5.43 Å². The van der Waals surface area contributed by atoms with Crippen molar-refractivity contribution in [1.29, 1.82) is 0 Å². The van der Waals surface area contributed by atoms with E-state index in [1.165, 1.54) is 11.3 Å². The number of benzene rings is 1. The maximum absolute atomic E-state index is 6.15. The van der Waals surface area contributed by atoms with Gasteiger partial charge < -0.3 is 0 Å². The lowest BCUT2D eigenvalue weighted by Crippen LogP contribution is -2.28. The van der Waals surface area contributed by atoms with Gasteiger partial charge in [0, 0.05) is 4.88 Å². The maximum atomic E-state index is 6.15. The lowest BCUT2D eigenvalue weighted by atomic mass is 10.2. The molecule has 0 spiro atoms. The number of nitrogens with zero attached hydrogens (tertiary/aromatic N) is 3. The Morgan fingerprint density at radius 3 is 2.70 bits per heavy atom. The molecule has 0 aliphatic carbocycles. The molecule has 3 aromatic rings. The first-order chi connectivity index (χ1) is 9.79. The zero-order chi connectivity index (χ0) is 13.9. The summed E-state index contributed by atoms with van der Waals surface area (Å²) >= 11 is 7.68. The van der Waals surface area contributed by atoms with Crippen molar-refractivity contribution >= 4 is 22.9 Å². The van der Waals surface area contributed by atoms with Crippen LogP contribution in [0.3, 0.4) is 0 Å². The Balaban J connectivity index is 1.95. The van der Waals surface area contributed by atoms with Gasteiger partial charge in [-0.3, -0.25) is 5.84 Å². The number of halogens is 1. The Kier molecular flexibility index (Phi) is 3.79. The first-order valence-corrected chi connectivity index (χ1v) is 7.22. The average Bonchev–Trinajstić information content (AvgIpc) is 3.12. The molecule has 2 aromatic heterocycles. The third kappa shape index (κ3) is 2.46. The van der Waals surface area contributed by atoms with Crippen LogP contribution in [-0.2, 0) is 0 Å². The Hall–Kier alpha value is -1.73. The fraction of sp³-hybridized carbons (Fsp3) is 0.0769. The Morgan fingerprint density at radius 2 is 2.05 bits per heavy atom. The topological polar surface area (TPSA) is 68.8 Å². The summed E-state index contributed by atoms with van der Waals surface area (Å²) in [6, 6.07) is 11.3. The quantitative estimate of drug-likeness (QED) is 0.574. The van der Waals surface area contributed by atoms with E-state index in [2.05, 4.69) is 15.6 Å². The molecule has 7 heteroatoms. The summed E-state index contributed by atoms with van der Waals surface area (Å²) < 4.78 is 0. The van der Waals surface area contributed by atoms with Gasteiger partial charge in [0.25, 0.3) is 0 Å². The average molecular weight is 306 g/mol. The van der Waals surface area contributed by atoms with Crippen molar-refractivity contribution in [2.24, 2.45) is 5.84 Å². The molecule has 20 heavy (non-hydrogen) atoms. The molecule has 102 valence electrons. The molecule has 3 N–H and O–H groups in total. The van der Waals surface area contributed by atoms with E-state index in [-0.39, 0.29) is 6.04 Å². The molecule has 0 radical (unpaired) electrons. The first kappa shape index (κ1) is 13.3. The minimum absolute atomic E-state index is 0.264. The fourth-order valence-corrected chi connectivity index (χ4v) is 3.14. The number of thiophene rings is 1. The number of nitrogens with two attached hydrogens (primary N) is 1. The van der Waals surface area contributed by atoms with Gasteiger partial charge in [0.15, 0.2) is 0 Å². The van der Waals surface area contributed by atoms with Crippen LogP contribution in [-0.4, -0.2) is 15.0 Å². The number of hydrogen-bond acceptors (Lipinski definition) is 5. The van der Waals surface area contributed by atoms with E-state index in [1.54, 1.807) is 11.0 Å². The van der Waals surface area contributed by atoms with Crippen molar-refractivity contribution in [3.05, 3.63) is 63.6 Å². The van der Waals surface area contributed by atoms with Crippen LogP contribution in [0.2, 0.25) is 5.02 Å². The van der Waals surface area contributed by atoms with Gasteiger partial charge in [-0.2, -0.15) is 15.0 Å². The Bertz CT molecular complexity index is 694. The molecule has 0 aliphatic heterocycles. The van der Waals surface area contributed by atoms with Crippen molar-refractivity contribution in [1.82, 2.24) is 20.4 Å². The highest BCUT2D eigenvalue weighted by atomic mass is 35.5. The summed E-state index contributed by atoms with van der Waals surface area (Å²) in [5.41, 5.74) is 4.35. The van der Waals surface area contributed by atoms with E-state index in [4.69, 9.17) is 17.4 Å². The van der Waals surface area contributed by atoms with E-state index >= 15 is 0 Å². The summed E-state index contributed by atoms with van der Waals surface area (Å²) in [6.07, 6.45) is 1.69. The summed E-state index contributed by atoms with van der Waals surface area (Å²) in [4.78, 5) is 2.50. The van der Waals surface area contributed by atoms with Crippen LogP contribution in [0.15, 0.2) is 48.0 Å². The lowest BCUT2D eigenvalue weighted by molar-refractivity contribution is 0.617. The molecule has 5 nitrogen and oxygen atoms in total. The van der Waals surface area contributed by atoms with Gasteiger partial charge in [-0.05, 0) is 23.6 Å². The largest absolute Gasteiger partial charge is 0.270 e. The number of nitrogens with one attached hydrogen (secondary N) is 1. The minimum atomic E-state index is -0.264. The molecule has 1 atom stereocenters. The molecule has 0 aliphatic rings. The molecule has 0 bridgehead atoms. The number of rotatable bonds is 4. The molecule has 0 saturated heterocycles. The second-order valence-corrected chi connectivity index (χ2v) is 5.48. The molecule has 3 rings (SSSR count). The van der Waals surface area contributed by atoms with Crippen LogP contribution >= 0.6 is 22.9 Å². The molecule has 1 aromatic carbocycles. The second-order valence-electron chi connectivity index (χ2n) is 4.13.